The average Bonchev–Trinajstić information content (AvgIpc) is 3.03. The highest BCUT2D eigenvalue weighted by Crippen LogP contribution is 2.48. The van der Waals surface area contributed by atoms with E-state index in [4.69, 9.17) is 0 Å². The molecule has 0 aromatic rings. The molecule has 2 bridgehead atoms. The van der Waals surface area contributed by atoms with Crippen molar-refractivity contribution in [3.05, 3.63) is 12.2 Å². The summed E-state index contributed by atoms with van der Waals surface area (Å²) in [6, 6.07) is 0.630. The van der Waals surface area contributed by atoms with Crippen LogP contribution in [0.4, 0.5) is 0 Å². The molecular formula is C16H24N2O3. The first-order chi connectivity index (χ1) is 9.90. The largest absolute Gasteiger partial charge is 0.481 e. The second kappa shape index (κ2) is 5.13. The summed E-state index contributed by atoms with van der Waals surface area (Å²) in [5.74, 6) is -1.50. The first-order valence-corrected chi connectivity index (χ1v) is 7.82. The Morgan fingerprint density at radius 2 is 1.57 bits per heavy atom. The minimum absolute atomic E-state index is 0.0451. The summed E-state index contributed by atoms with van der Waals surface area (Å²) in [4.78, 5) is 28.6. The molecule has 5 nitrogen and oxygen atoms in total. The number of hydrogen-bond acceptors (Lipinski definition) is 3. The minimum atomic E-state index is -0.819. The number of carboxylic acid groups (broad SMARTS) is 1. The summed E-state index contributed by atoms with van der Waals surface area (Å²) in [5.41, 5.74) is 0. The normalized spacial score (nSPS) is 42.5. The van der Waals surface area contributed by atoms with E-state index in [-0.39, 0.29) is 23.7 Å². The number of likely N-dealkylation sites (N-methyl/N-ethyl adjacent to an activating group) is 1. The molecule has 116 valence electrons. The molecule has 1 heterocycles. The van der Waals surface area contributed by atoms with E-state index >= 15 is 0 Å². The van der Waals surface area contributed by atoms with E-state index in [0.717, 1.165) is 6.42 Å². The van der Waals surface area contributed by atoms with Crippen LogP contribution in [-0.4, -0.2) is 59.0 Å². The van der Waals surface area contributed by atoms with Crippen molar-refractivity contribution in [3.8, 4) is 0 Å². The zero-order valence-corrected chi connectivity index (χ0v) is 12.9. The van der Waals surface area contributed by atoms with Gasteiger partial charge in [-0.3, -0.25) is 14.5 Å². The van der Waals surface area contributed by atoms with E-state index < -0.39 is 11.9 Å². The molecule has 2 fully saturated rings. The molecule has 3 aliphatic rings. The van der Waals surface area contributed by atoms with Crippen LogP contribution in [0.1, 0.15) is 20.3 Å². The molecule has 1 amide bonds. The van der Waals surface area contributed by atoms with Crippen LogP contribution < -0.4 is 0 Å². The van der Waals surface area contributed by atoms with Gasteiger partial charge in [-0.15, -0.1) is 0 Å². The van der Waals surface area contributed by atoms with Crippen molar-refractivity contribution >= 4 is 11.9 Å². The Kier molecular flexibility index (Phi) is 3.56. The maximum absolute atomic E-state index is 12.9. The number of allylic oxidation sites excluding steroid dienone is 2. The highest BCUT2D eigenvalue weighted by Gasteiger charge is 2.53. The summed E-state index contributed by atoms with van der Waals surface area (Å²) < 4.78 is 0. The predicted octanol–water partition coefficient (Wildman–Crippen LogP) is 1.06. The quantitative estimate of drug-likeness (QED) is 0.773. The Morgan fingerprint density at radius 1 is 1.05 bits per heavy atom. The molecule has 6 atom stereocenters. The van der Waals surface area contributed by atoms with Crippen molar-refractivity contribution < 1.29 is 14.7 Å². The monoisotopic (exact) mass is 292 g/mol. The lowest BCUT2D eigenvalue weighted by Crippen LogP contribution is -2.58. The molecule has 1 saturated carbocycles. The predicted molar refractivity (Wildman–Crippen MR) is 78.6 cm³/mol. The lowest BCUT2D eigenvalue weighted by atomic mass is 9.82. The van der Waals surface area contributed by atoms with Gasteiger partial charge in [0, 0.05) is 25.2 Å². The van der Waals surface area contributed by atoms with E-state index in [0.29, 0.717) is 25.2 Å². The zero-order chi connectivity index (χ0) is 15.3. The summed E-state index contributed by atoms with van der Waals surface area (Å²) in [5, 5.41) is 9.49. The summed E-state index contributed by atoms with van der Waals surface area (Å²) in [6.07, 6.45) is 4.87. The first-order valence-electron chi connectivity index (χ1n) is 7.82. The van der Waals surface area contributed by atoms with Gasteiger partial charge in [0.05, 0.1) is 11.8 Å². The fourth-order valence-electron chi connectivity index (χ4n) is 4.29. The standard InChI is InChI=1S/C16H24N2O3/c1-9-7-18(8-10(2)17(9)3)15(19)13-11-4-5-12(6-11)14(13)16(20)21/h4-5,9-14H,6-8H2,1-3H3,(H,20,21). The number of fused-ring (bicyclic) bond motifs is 2. The molecule has 0 radical (unpaired) electrons. The van der Waals surface area contributed by atoms with Crippen molar-refractivity contribution in [2.45, 2.75) is 32.4 Å². The number of carboxylic acids is 1. The number of carbonyl (C=O) groups is 2. The first kappa shape index (κ1) is 14.6. The summed E-state index contributed by atoms with van der Waals surface area (Å²) >= 11 is 0. The fraction of sp³-hybridized carbons (Fsp3) is 0.750. The van der Waals surface area contributed by atoms with Gasteiger partial charge in [-0.25, -0.2) is 0 Å². The number of aliphatic carboxylic acids is 1. The maximum atomic E-state index is 12.9. The SMILES string of the molecule is CC1CN(C(=O)C2C3C=CC(C3)C2C(=O)O)CC(C)N1C. The van der Waals surface area contributed by atoms with Crippen LogP contribution in [0.2, 0.25) is 0 Å². The zero-order valence-electron chi connectivity index (χ0n) is 12.9. The van der Waals surface area contributed by atoms with Crippen LogP contribution in [0.25, 0.3) is 0 Å². The molecule has 1 saturated heterocycles. The van der Waals surface area contributed by atoms with Crippen molar-refractivity contribution in [2.75, 3.05) is 20.1 Å². The van der Waals surface area contributed by atoms with Crippen molar-refractivity contribution in [1.82, 2.24) is 9.80 Å². The Labute approximate surface area is 125 Å². The van der Waals surface area contributed by atoms with Crippen LogP contribution >= 0.6 is 0 Å². The maximum Gasteiger partial charge on any atom is 0.307 e. The van der Waals surface area contributed by atoms with Gasteiger partial charge in [0.25, 0.3) is 0 Å². The highest BCUT2D eigenvalue weighted by atomic mass is 16.4. The molecule has 0 aromatic carbocycles. The second-order valence-corrected chi connectivity index (χ2v) is 6.94. The number of piperazine rings is 1. The number of amides is 1. The van der Waals surface area contributed by atoms with Gasteiger partial charge in [0.2, 0.25) is 5.91 Å². The molecule has 0 aromatic heterocycles. The van der Waals surface area contributed by atoms with Crippen LogP contribution in [0.15, 0.2) is 12.2 Å². The van der Waals surface area contributed by atoms with Crippen LogP contribution in [0.5, 0.6) is 0 Å². The van der Waals surface area contributed by atoms with E-state index in [1.54, 1.807) is 0 Å². The lowest BCUT2D eigenvalue weighted by Gasteiger charge is -2.44. The number of rotatable bonds is 2. The van der Waals surface area contributed by atoms with E-state index in [9.17, 15) is 14.7 Å². The minimum Gasteiger partial charge on any atom is -0.481 e. The number of hydrogen-bond donors (Lipinski definition) is 1. The fourth-order valence-corrected chi connectivity index (χ4v) is 4.29. The average molecular weight is 292 g/mol. The molecular weight excluding hydrogens is 268 g/mol. The molecule has 0 spiro atoms. The molecule has 21 heavy (non-hydrogen) atoms. The lowest BCUT2D eigenvalue weighted by molar-refractivity contribution is -0.152. The Bertz CT molecular complexity index is 478. The highest BCUT2D eigenvalue weighted by molar-refractivity contribution is 5.87. The van der Waals surface area contributed by atoms with E-state index in [2.05, 4.69) is 31.9 Å². The van der Waals surface area contributed by atoms with Gasteiger partial charge >= 0.3 is 5.97 Å². The van der Waals surface area contributed by atoms with E-state index in [1.165, 1.54) is 0 Å². The molecule has 3 rings (SSSR count). The molecule has 6 unspecified atom stereocenters. The van der Waals surface area contributed by atoms with Gasteiger partial charge < -0.3 is 10.0 Å². The molecule has 1 aliphatic heterocycles. The van der Waals surface area contributed by atoms with Gasteiger partial charge in [-0.1, -0.05) is 12.2 Å². The smallest absolute Gasteiger partial charge is 0.307 e. The van der Waals surface area contributed by atoms with E-state index in [1.807, 2.05) is 11.0 Å². The van der Waals surface area contributed by atoms with Crippen molar-refractivity contribution in [2.24, 2.45) is 23.7 Å². The third-order valence-corrected chi connectivity index (χ3v) is 5.70. The number of nitrogens with zero attached hydrogens (tertiary/aromatic N) is 2. The molecule has 1 N–H and O–H groups in total. The summed E-state index contributed by atoms with van der Waals surface area (Å²) in [6.45, 7) is 5.63. The molecule has 5 heteroatoms. The number of carbonyl (C=O) groups excluding carboxylic acids is 1. The van der Waals surface area contributed by atoms with Crippen molar-refractivity contribution in [1.29, 1.82) is 0 Å². The Morgan fingerprint density at radius 3 is 2.10 bits per heavy atom. The second-order valence-electron chi connectivity index (χ2n) is 6.94. The van der Waals surface area contributed by atoms with Gasteiger partial charge in [0.1, 0.15) is 0 Å². The topological polar surface area (TPSA) is 60.9 Å². The molecule has 2 aliphatic carbocycles. The Balaban J connectivity index is 1.79. The van der Waals surface area contributed by atoms with Crippen molar-refractivity contribution in [3.63, 3.8) is 0 Å². The van der Waals surface area contributed by atoms with Crippen LogP contribution in [0.3, 0.4) is 0 Å². The third-order valence-electron chi connectivity index (χ3n) is 5.70. The van der Waals surface area contributed by atoms with Crippen LogP contribution in [0, 0.1) is 23.7 Å². The summed E-state index contributed by atoms with van der Waals surface area (Å²) in [7, 11) is 2.08. The van der Waals surface area contributed by atoms with Crippen LogP contribution in [-0.2, 0) is 9.59 Å². The van der Waals surface area contributed by atoms with Gasteiger partial charge in [0.15, 0.2) is 0 Å². The third kappa shape index (κ3) is 2.27. The Hall–Kier alpha value is -1.36. The van der Waals surface area contributed by atoms with Gasteiger partial charge in [-0.05, 0) is 39.2 Å². The van der Waals surface area contributed by atoms with Gasteiger partial charge in [-0.2, -0.15) is 0 Å².